The van der Waals surface area contributed by atoms with E-state index in [9.17, 15) is 0 Å². The molecule has 1 heterocycles. The highest BCUT2D eigenvalue weighted by atomic mass is 79.9. The number of nitrogens with zero attached hydrogens (tertiary/aromatic N) is 1. The lowest BCUT2D eigenvalue weighted by Crippen LogP contribution is -1.70. The summed E-state index contributed by atoms with van der Waals surface area (Å²) in [6, 6.07) is 4.10. The van der Waals surface area contributed by atoms with Crippen molar-refractivity contribution < 1.29 is 5.11 Å². The van der Waals surface area contributed by atoms with E-state index in [4.69, 9.17) is 5.11 Å². The van der Waals surface area contributed by atoms with Gasteiger partial charge in [-0.2, -0.15) is 0 Å². The molecular weight excluding hydrogens is 170 g/mol. The molecule has 0 aromatic carbocycles. The number of halogens is 1. The molecule has 0 aliphatic heterocycles. The van der Waals surface area contributed by atoms with Crippen molar-refractivity contribution in [3.63, 3.8) is 0 Å². The van der Waals surface area contributed by atoms with Crippen LogP contribution in [0.15, 0.2) is 16.7 Å². The first-order valence-electron chi connectivity index (χ1n) is 2.01. The molecule has 1 rings (SSSR count). The minimum absolute atomic E-state index is 0.00630. The van der Waals surface area contributed by atoms with Gasteiger partial charge in [-0.25, -0.2) is 4.98 Å². The van der Waals surface area contributed by atoms with Gasteiger partial charge >= 0.3 is 0 Å². The molecule has 0 saturated heterocycles. The van der Waals surface area contributed by atoms with E-state index in [2.05, 4.69) is 27.0 Å². The molecule has 3 heteroatoms. The maximum Gasteiger partial charge on any atom is 0.211 e. The van der Waals surface area contributed by atoms with Gasteiger partial charge in [0, 0.05) is 22.8 Å². The maximum atomic E-state index is 8.59. The van der Waals surface area contributed by atoms with Crippen LogP contribution >= 0.6 is 15.9 Å². The Bertz CT molecular complexity index is 151. The third-order valence-corrected chi connectivity index (χ3v) is 1.08. The molecule has 1 N–H and O–H groups in total. The van der Waals surface area contributed by atoms with Gasteiger partial charge in [-0.05, 0) is 15.9 Å². The van der Waals surface area contributed by atoms with Crippen LogP contribution in [0.2, 0.25) is 0 Å². The first-order chi connectivity index (χ1) is 3.79. The van der Waals surface area contributed by atoms with Gasteiger partial charge in [-0.3, -0.25) is 0 Å². The number of hydrogen-bond acceptors (Lipinski definition) is 2. The van der Waals surface area contributed by atoms with E-state index in [0.29, 0.717) is 0 Å². The van der Waals surface area contributed by atoms with E-state index in [0.717, 1.165) is 4.47 Å². The fraction of sp³-hybridized carbons (Fsp3) is 0. The zero-order chi connectivity index (χ0) is 5.98. The summed E-state index contributed by atoms with van der Waals surface area (Å²) < 4.78 is 0.746. The fourth-order valence-electron chi connectivity index (χ4n) is 0.331. The van der Waals surface area contributed by atoms with Crippen LogP contribution in [0.25, 0.3) is 0 Å². The summed E-state index contributed by atoms with van der Waals surface area (Å²) in [5.74, 6) is -0.00630. The maximum absolute atomic E-state index is 8.59. The van der Waals surface area contributed by atoms with Gasteiger partial charge in [0.2, 0.25) is 5.88 Å². The number of rotatable bonds is 0. The first-order valence-corrected chi connectivity index (χ1v) is 2.80. The molecule has 1 radical (unpaired) electrons. The second kappa shape index (κ2) is 2.13. The zero-order valence-corrected chi connectivity index (χ0v) is 5.51. The van der Waals surface area contributed by atoms with Gasteiger partial charge in [-0.1, -0.05) is 0 Å². The summed E-state index contributed by atoms with van der Waals surface area (Å²) in [7, 11) is 0. The Morgan fingerprint density at radius 2 is 2.50 bits per heavy atom. The standard InChI is InChI=1S/C5H3BrNO/c6-4-1-2-5(8)7-3-4/h2-3H,(H,7,8). The Labute approximate surface area is 55.3 Å². The van der Waals surface area contributed by atoms with Crippen LogP contribution in [-0.4, -0.2) is 10.1 Å². The van der Waals surface area contributed by atoms with Crippen molar-refractivity contribution in [3.8, 4) is 5.88 Å². The average molecular weight is 173 g/mol. The van der Waals surface area contributed by atoms with Crippen LogP contribution in [0.3, 0.4) is 0 Å². The van der Waals surface area contributed by atoms with Crippen molar-refractivity contribution in [1.82, 2.24) is 4.98 Å². The largest absolute Gasteiger partial charge is 0.493 e. The van der Waals surface area contributed by atoms with Crippen LogP contribution in [-0.2, 0) is 0 Å². The molecule has 0 aliphatic rings. The van der Waals surface area contributed by atoms with Crippen molar-refractivity contribution in [1.29, 1.82) is 0 Å². The van der Waals surface area contributed by atoms with Gasteiger partial charge < -0.3 is 5.11 Å². The van der Waals surface area contributed by atoms with Crippen molar-refractivity contribution in [2.75, 3.05) is 0 Å². The quantitative estimate of drug-likeness (QED) is 0.642. The Kier molecular flexibility index (Phi) is 1.48. The molecular formula is C5H3BrNO. The normalized spacial score (nSPS) is 9.12. The lowest BCUT2D eigenvalue weighted by Gasteiger charge is -1.86. The molecule has 0 atom stereocenters. The molecule has 0 amide bonds. The highest BCUT2D eigenvalue weighted by molar-refractivity contribution is 9.10. The van der Waals surface area contributed by atoms with Crippen LogP contribution in [0.4, 0.5) is 0 Å². The van der Waals surface area contributed by atoms with E-state index in [1.165, 1.54) is 12.3 Å². The number of pyridine rings is 1. The SMILES string of the molecule is Oc1c[c]c(Br)cn1. The molecule has 8 heavy (non-hydrogen) atoms. The molecule has 0 spiro atoms. The summed E-state index contributed by atoms with van der Waals surface area (Å²) in [6.07, 6.45) is 1.48. The summed E-state index contributed by atoms with van der Waals surface area (Å²) in [6.45, 7) is 0. The van der Waals surface area contributed by atoms with Crippen LogP contribution in [0, 0.1) is 6.07 Å². The summed E-state index contributed by atoms with van der Waals surface area (Å²) in [4.78, 5) is 3.56. The molecule has 41 valence electrons. The zero-order valence-electron chi connectivity index (χ0n) is 3.93. The first kappa shape index (κ1) is 5.56. The van der Waals surface area contributed by atoms with Crippen molar-refractivity contribution >= 4 is 15.9 Å². The van der Waals surface area contributed by atoms with Crippen molar-refractivity contribution in [2.45, 2.75) is 0 Å². The van der Waals surface area contributed by atoms with E-state index in [1.807, 2.05) is 0 Å². The Morgan fingerprint density at radius 3 is 2.88 bits per heavy atom. The van der Waals surface area contributed by atoms with Crippen molar-refractivity contribution in [3.05, 3.63) is 22.8 Å². The number of aromatic nitrogens is 1. The molecule has 0 saturated carbocycles. The third-order valence-electron chi connectivity index (χ3n) is 0.649. The molecule has 2 nitrogen and oxygen atoms in total. The molecule has 0 bridgehead atoms. The van der Waals surface area contributed by atoms with Gasteiger partial charge in [-0.15, -0.1) is 0 Å². The average Bonchev–Trinajstić information content (AvgIpc) is 1.77. The Balaban J connectivity index is 3.03. The van der Waals surface area contributed by atoms with E-state index in [-0.39, 0.29) is 5.88 Å². The lowest BCUT2D eigenvalue weighted by atomic mass is 10.5. The number of hydrogen-bond donors (Lipinski definition) is 1. The van der Waals surface area contributed by atoms with Crippen molar-refractivity contribution in [2.24, 2.45) is 0 Å². The van der Waals surface area contributed by atoms with Gasteiger partial charge in [0.05, 0.1) is 0 Å². The second-order valence-electron chi connectivity index (χ2n) is 1.25. The number of aromatic hydroxyl groups is 1. The minimum Gasteiger partial charge on any atom is -0.493 e. The molecule has 0 aliphatic carbocycles. The fourth-order valence-corrected chi connectivity index (χ4v) is 0.548. The molecule has 1 aromatic rings. The smallest absolute Gasteiger partial charge is 0.211 e. The Morgan fingerprint density at radius 1 is 1.75 bits per heavy atom. The minimum atomic E-state index is -0.00630. The summed E-state index contributed by atoms with van der Waals surface area (Å²) in [5.41, 5.74) is 0. The second-order valence-corrected chi connectivity index (χ2v) is 2.11. The lowest BCUT2D eigenvalue weighted by molar-refractivity contribution is 0.453. The third kappa shape index (κ3) is 1.20. The molecule has 0 fully saturated rings. The topological polar surface area (TPSA) is 33.1 Å². The predicted octanol–water partition coefficient (Wildman–Crippen LogP) is 1.35. The molecule has 1 aromatic heterocycles. The van der Waals surface area contributed by atoms with Gasteiger partial charge in [0.1, 0.15) is 0 Å². The highest BCUT2D eigenvalue weighted by Gasteiger charge is 1.85. The summed E-state index contributed by atoms with van der Waals surface area (Å²) in [5, 5.41) is 8.59. The predicted molar refractivity (Wildman–Crippen MR) is 32.4 cm³/mol. The van der Waals surface area contributed by atoms with Crippen LogP contribution in [0.5, 0.6) is 5.88 Å². The van der Waals surface area contributed by atoms with Gasteiger partial charge in [0.25, 0.3) is 0 Å². The van der Waals surface area contributed by atoms with Crippen LogP contribution < -0.4 is 0 Å². The van der Waals surface area contributed by atoms with E-state index in [1.54, 1.807) is 0 Å². The van der Waals surface area contributed by atoms with Gasteiger partial charge in [0.15, 0.2) is 0 Å². The molecule has 0 unspecified atom stereocenters. The Hall–Kier alpha value is -0.570. The highest BCUT2D eigenvalue weighted by Crippen LogP contribution is 2.08. The monoisotopic (exact) mass is 172 g/mol. The van der Waals surface area contributed by atoms with E-state index < -0.39 is 0 Å². The van der Waals surface area contributed by atoms with Crippen LogP contribution in [0.1, 0.15) is 0 Å². The van der Waals surface area contributed by atoms with E-state index >= 15 is 0 Å². The summed E-state index contributed by atoms with van der Waals surface area (Å²) >= 11 is 3.12.